The Balaban J connectivity index is 1.71. The van der Waals surface area contributed by atoms with Gasteiger partial charge in [0, 0.05) is 24.2 Å². The fraction of sp³-hybridized carbons (Fsp3) is 0.353. The first kappa shape index (κ1) is 15.9. The van der Waals surface area contributed by atoms with E-state index >= 15 is 0 Å². The Hall–Kier alpha value is -1.63. The van der Waals surface area contributed by atoms with E-state index in [1.165, 1.54) is 17.4 Å². The van der Waals surface area contributed by atoms with Gasteiger partial charge in [0.2, 0.25) is 0 Å². The second kappa shape index (κ2) is 6.02. The standard InChI is InChI=1S/C17H18ClFN4S/c1-2-15(22-16-21-8-14(18)24-16)23-10-17(5-6-20-9-17)12-7-11(19)3-4-13(12)23/h2-4,7-8,20H,5-6,9-10H2,1H3,(H,21,22). The number of aromatic nitrogens is 1. The first-order valence-corrected chi connectivity index (χ1v) is 9.14. The quantitative estimate of drug-likeness (QED) is 0.864. The van der Waals surface area contributed by atoms with Gasteiger partial charge in [-0.3, -0.25) is 0 Å². The minimum Gasteiger partial charge on any atom is -0.327 e. The number of nitrogens with zero attached hydrogens (tertiary/aromatic N) is 2. The van der Waals surface area contributed by atoms with Gasteiger partial charge in [0.25, 0.3) is 0 Å². The molecule has 2 aliphatic heterocycles. The lowest BCUT2D eigenvalue weighted by atomic mass is 9.81. The van der Waals surface area contributed by atoms with Gasteiger partial charge in [-0.2, -0.15) is 0 Å². The molecule has 4 nitrogen and oxygen atoms in total. The topological polar surface area (TPSA) is 40.2 Å². The monoisotopic (exact) mass is 364 g/mol. The maximum Gasteiger partial charge on any atom is 0.189 e. The van der Waals surface area contributed by atoms with Crippen LogP contribution in [-0.4, -0.2) is 24.6 Å². The van der Waals surface area contributed by atoms with Crippen LogP contribution in [0.4, 0.5) is 15.2 Å². The molecule has 1 unspecified atom stereocenters. The highest BCUT2D eigenvalue weighted by Crippen LogP contribution is 2.46. The summed E-state index contributed by atoms with van der Waals surface area (Å²) in [7, 11) is 0. The number of halogens is 2. The number of rotatable bonds is 3. The van der Waals surface area contributed by atoms with Crippen molar-refractivity contribution in [3.05, 3.63) is 52.0 Å². The van der Waals surface area contributed by atoms with E-state index in [1.54, 1.807) is 12.3 Å². The highest BCUT2D eigenvalue weighted by atomic mass is 35.5. The van der Waals surface area contributed by atoms with Crippen molar-refractivity contribution in [1.82, 2.24) is 10.3 Å². The van der Waals surface area contributed by atoms with Crippen molar-refractivity contribution in [3.8, 4) is 0 Å². The van der Waals surface area contributed by atoms with Gasteiger partial charge in [-0.1, -0.05) is 22.9 Å². The Morgan fingerprint density at radius 2 is 2.42 bits per heavy atom. The van der Waals surface area contributed by atoms with Crippen LogP contribution in [0.25, 0.3) is 0 Å². The first-order chi connectivity index (χ1) is 11.6. The number of fused-ring (bicyclic) bond motifs is 2. The predicted molar refractivity (Wildman–Crippen MR) is 97.4 cm³/mol. The van der Waals surface area contributed by atoms with Gasteiger partial charge >= 0.3 is 0 Å². The maximum atomic E-state index is 13.9. The van der Waals surface area contributed by atoms with Crippen molar-refractivity contribution in [2.75, 3.05) is 29.9 Å². The van der Waals surface area contributed by atoms with Gasteiger partial charge in [0.05, 0.1) is 6.20 Å². The molecule has 0 bridgehead atoms. The van der Waals surface area contributed by atoms with E-state index in [2.05, 4.69) is 20.5 Å². The predicted octanol–water partition coefficient (Wildman–Crippen LogP) is 3.96. The molecule has 1 aromatic heterocycles. The van der Waals surface area contributed by atoms with E-state index in [0.717, 1.165) is 48.3 Å². The Labute approximate surface area is 149 Å². The van der Waals surface area contributed by atoms with Gasteiger partial charge in [-0.25, -0.2) is 9.37 Å². The molecular formula is C17H18ClFN4S. The third kappa shape index (κ3) is 2.59. The summed E-state index contributed by atoms with van der Waals surface area (Å²) < 4.78 is 14.5. The summed E-state index contributed by atoms with van der Waals surface area (Å²) in [4.78, 5) is 6.49. The van der Waals surface area contributed by atoms with Gasteiger partial charge in [0.1, 0.15) is 16.0 Å². The molecular weight excluding hydrogens is 347 g/mol. The van der Waals surface area contributed by atoms with Crippen LogP contribution in [0.3, 0.4) is 0 Å². The van der Waals surface area contributed by atoms with Gasteiger partial charge < -0.3 is 15.5 Å². The first-order valence-electron chi connectivity index (χ1n) is 7.94. The maximum absolute atomic E-state index is 13.9. The van der Waals surface area contributed by atoms with E-state index < -0.39 is 0 Å². The SMILES string of the molecule is CC=C(Nc1ncc(Cl)s1)N1CC2(CCNC2)c2cc(F)ccc21. The molecule has 1 fully saturated rings. The molecule has 1 saturated heterocycles. The second-order valence-corrected chi connectivity index (χ2v) is 7.89. The molecule has 4 rings (SSSR count). The number of allylic oxidation sites excluding steroid dienone is 1. The fourth-order valence-corrected chi connectivity index (χ4v) is 4.50. The molecule has 1 spiro atoms. The lowest BCUT2D eigenvalue weighted by molar-refractivity contribution is 0.501. The molecule has 2 aromatic rings. The zero-order chi connectivity index (χ0) is 16.7. The van der Waals surface area contributed by atoms with Gasteiger partial charge in [-0.15, -0.1) is 0 Å². The summed E-state index contributed by atoms with van der Waals surface area (Å²) in [6.45, 7) is 4.65. The van der Waals surface area contributed by atoms with Crippen molar-refractivity contribution < 1.29 is 4.39 Å². The van der Waals surface area contributed by atoms with E-state index in [4.69, 9.17) is 11.6 Å². The van der Waals surface area contributed by atoms with E-state index in [0.29, 0.717) is 4.34 Å². The number of thiazole rings is 1. The van der Waals surface area contributed by atoms with E-state index in [1.807, 2.05) is 19.1 Å². The second-order valence-electron chi connectivity index (χ2n) is 6.22. The molecule has 1 atom stereocenters. The third-order valence-electron chi connectivity index (χ3n) is 4.80. The summed E-state index contributed by atoms with van der Waals surface area (Å²) >= 11 is 7.38. The van der Waals surface area contributed by atoms with Gasteiger partial charge in [0.15, 0.2) is 5.13 Å². The molecule has 2 aliphatic rings. The van der Waals surface area contributed by atoms with E-state index in [-0.39, 0.29) is 11.2 Å². The van der Waals surface area contributed by atoms with Crippen LogP contribution in [0.5, 0.6) is 0 Å². The highest BCUT2D eigenvalue weighted by molar-refractivity contribution is 7.19. The van der Waals surface area contributed by atoms with Crippen molar-refractivity contribution >= 4 is 33.8 Å². The molecule has 0 radical (unpaired) electrons. The van der Waals surface area contributed by atoms with Crippen LogP contribution in [0.15, 0.2) is 36.3 Å². The molecule has 0 amide bonds. The normalized spacial score (nSPS) is 23.1. The lowest BCUT2D eigenvalue weighted by Crippen LogP contribution is -2.36. The Morgan fingerprint density at radius 1 is 1.54 bits per heavy atom. The smallest absolute Gasteiger partial charge is 0.189 e. The molecule has 126 valence electrons. The fourth-order valence-electron chi connectivity index (χ4n) is 3.68. The van der Waals surface area contributed by atoms with Crippen LogP contribution in [0, 0.1) is 5.82 Å². The zero-order valence-corrected chi connectivity index (χ0v) is 14.8. The molecule has 1 aromatic carbocycles. The van der Waals surface area contributed by atoms with Crippen LogP contribution in [0.2, 0.25) is 4.34 Å². The number of hydrogen-bond donors (Lipinski definition) is 2. The molecule has 3 heterocycles. The molecule has 7 heteroatoms. The van der Waals surface area contributed by atoms with Crippen LogP contribution < -0.4 is 15.5 Å². The lowest BCUT2D eigenvalue weighted by Gasteiger charge is -2.26. The highest BCUT2D eigenvalue weighted by Gasteiger charge is 2.45. The van der Waals surface area contributed by atoms with Crippen molar-refractivity contribution in [3.63, 3.8) is 0 Å². The minimum absolute atomic E-state index is 0.0338. The largest absolute Gasteiger partial charge is 0.327 e. The van der Waals surface area contributed by atoms with Crippen LogP contribution >= 0.6 is 22.9 Å². The Morgan fingerprint density at radius 3 is 3.08 bits per heavy atom. The zero-order valence-electron chi connectivity index (χ0n) is 13.3. The average molecular weight is 365 g/mol. The Bertz CT molecular complexity index is 798. The van der Waals surface area contributed by atoms with Crippen LogP contribution in [0.1, 0.15) is 18.9 Å². The van der Waals surface area contributed by atoms with E-state index in [9.17, 15) is 4.39 Å². The molecule has 24 heavy (non-hydrogen) atoms. The van der Waals surface area contributed by atoms with Crippen molar-refractivity contribution in [1.29, 1.82) is 0 Å². The number of benzene rings is 1. The van der Waals surface area contributed by atoms with Crippen LogP contribution in [-0.2, 0) is 5.41 Å². The molecule has 0 aliphatic carbocycles. The molecule has 0 saturated carbocycles. The summed E-state index contributed by atoms with van der Waals surface area (Å²) in [6, 6.07) is 5.09. The summed E-state index contributed by atoms with van der Waals surface area (Å²) in [5.74, 6) is 0.765. The van der Waals surface area contributed by atoms with Crippen molar-refractivity contribution in [2.24, 2.45) is 0 Å². The number of hydrogen-bond acceptors (Lipinski definition) is 5. The third-order valence-corrected chi connectivity index (χ3v) is 5.83. The number of anilines is 2. The van der Waals surface area contributed by atoms with Crippen molar-refractivity contribution in [2.45, 2.75) is 18.8 Å². The van der Waals surface area contributed by atoms with Gasteiger partial charge in [-0.05, 0) is 49.7 Å². The minimum atomic E-state index is -0.177. The Kier molecular flexibility index (Phi) is 3.98. The summed E-state index contributed by atoms with van der Waals surface area (Å²) in [5, 5.41) is 7.53. The molecule has 2 N–H and O–H groups in total. The average Bonchev–Trinajstić information content (AvgIpc) is 3.27. The summed E-state index contributed by atoms with van der Waals surface area (Å²) in [5.41, 5.74) is 2.11. The summed E-state index contributed by atoms with van der Waals surface area (Å²) in [6.07, 6.45) is 4.67. The number of nitrogens with one attached hydrogen (secondary N) is 2.